The van der Waals surface area contributed by atoms with E-state index in [1.54, 1.807) is 0 Å². The molecule has 0 aliphatic carbocycles. The van der Waals surface area contributed by atoms with Gasteiger partial charge in [0.25, 0.3) is 0 Å². The normalized spacial score (nSPS) is 11.1. The number of aromatic nitrogens is 3. The topological polar surface area (TPSA) is 30.2 Å². The lowest BCUT2D eigenvalue weighted by atomic mass is 10.1. The van der Waals surface area contributed by atoms with Gasteiger partial charge in [0.05, 0.1) is 5.69 Å². The van der Waals surface area contributed by atoms with Crippen molar-refractivity contribution in [2.75, 3.05) is 0 Å². The van der Waals surface area contributed by atoms with Crippen molar-refractivity contribution in [3.8, 4) is 11.1 Å². The van der Waals surface area contributed by atoms with Crippen LogP contribution in [0.5, 0.6) is 0 Å². The van der Waals surface area contributed by atoms with Gasteiger partial charge in [0, 0.05) is 29.7 Å². The first-order valence-corrected chi connectivity index (χ1v) is 8.17. The van der Waals surface area contributed by atoms with Crippen LogP contribution < -0.4 is 0 Å². The lowest BCUT2D eigenvalue weighted by Gasteiger charge is -1.95. The monoisotopic (exact) mass is 305 g/mol. The zero-order valence-electron chi connectivity index (χ0n) is 12.0. The summed E-state index contributed by atoms with van der Waals surface area (Å²) in [5, 5.41) is 2.22. The second-order valence-corrected chi connectivity index (χ2v) is 6.23. The molecule has 0 saturated heterocycles. The molecule has 0 atom stereocenters. The van der Waals surface area contributed by atoms with E-state index in [2.05, 4.69) is 32.0 Å². The third kappa shape index (κ3) is 2.65. The third-order valence-electron chi connectivity index (χ3n) is 3.71. The van der Waals surface area contributed by atoms with E-state index in [1.165, 1.54) is 16.0 Å². The van der Waals surface area contributed by atoms with Gasteiger partial charge in [-0.2, -0.15) is 0 Å². The van der Waals surface area contributed by atoms with Gasteiger partial charge < -0.3 is 4.40 Å². The SMILES string of the molecule is c1ccn2cc(CCc3cc(-c4ccncc4)cs3)nc2c1. The van der Waals surface area contributed by atoms with Crippen LogP contribution >= 0.6 is 11.3 Å². The van der Waals surface area contributed by atoms with E-state index in [1.807, 2.05) is 60.3 Å². The fourth-order valence-electron chi connectivity index (χ4n) is 2.57. The first-order chi connectivity index (χ1) is 10.9. The summed E-state index contributed by atoms with van der Waals surface area (Å²) in [5.74, 6) is 0. The van der Waals surface area contributed by atoms with Crippen molar-refractivity contribution in [2.24, 2.45) is 0 Å². The standard InChI is InChI=1S/C18H15N3S/c1-2-10-21-12-16(20-18(21)3-1)4-5-17-11-15(13-22-17)14-6-8-19-9-7-14/h1-3,6-13H,4-5H2. The first-order valence-electron chi connectivity index (χ1n) is 7.29. The van der Waals surface area contributed by atoms with E-state index in [0.717, 1.165) is 24.2 Å². The highest BCUT2D eigenvalue weighted by atomic mass is 32.1. The predicted molar refractivity (Wildman–Crippen MR) is 90.2 cm³/mol. The molecule has 4 heteroatoms. The van der Waals surface area contributed by atoms with Gasteiger partial charge in [0.2, 0.25) is 0 Å². The molecule has 0 aliphatic rings. The minimum absolute atomic E-state index is 0.970. The summed E-state index contributed by atoms with van der Waals surface area (Å²) in [5.41, 5.74) is 4.66. The van der Waals surface area contributed by atoms with Crippen molar-refractivity contribution >= 4 is 17.0 Å². The summed E-state index contributed by atoms with van der Waals surface area (Å²) in [6, 6.07) is 12.5. The van der Waals surface area contributed by atoms with Crippen LogP contribution in [-0.2, 0) is 12.8 Å². The van der Waals surface area contributed by atoms with E-state index in [0.29, 0.717) is 0 Å². The molecule has 0 aromatic carbocycles. The molecule has 108 valence electrons. The molecule has 0 N–H and O–H groups in total. The van der Waals surface area contributed by atoms with Crippen molar-refractivity contribution in [2.45, 2.75) is 12.8 Å². The quantitative estimate of drug-likeness (QED) is 0.564. The highest BCUT2D eigenvalue weighted by Gasteiger charge is 2.05. The van der Waals surface area contributed by atoms with E-state index in [-0.39, 0.29) is 0 Å². The van der Waals surface area contributed by atoms with E-state index in [9.17, 15) is 0 Å². The molecule has 0 spiro atoms. The Bertz CT molecular complexity index is 860. The molecular weight excluding hydrogens is 290 g/mol. The van der Waals surface area contributed by atoms with Crippen molar-refractivity contribution in [1.82, 2.24) is 14.4 Å². The Morgan fingerprint density at radius 1 is 1.00 bits per heavy atom. The molecule has 0 bridgehead atoms. The maximum absolute atomic E-state index is 4.65. The van der Waals surface area contributed by atoms with Crippen LogP contribution in [0.1, 0.15) is 10.6 Å². The number of hydrogen-bond donors (Lipinski definition) is 0. The molecule has 4 rings (SSSR count). The maximum Gasteiger partial charge on any atom is 0.136 e. The molecule has 22 heavy (non-hydrogen) atoms. The van der Waals surface area contributed by atoms with Crippen LogP contribution in [0.15, 0.2) is 66.6 Å². The fourth-order valence-corrected chi connectivity index (χ4v) is 3.46. The Kier molecular flexibility index (Phi) is 3.45. The Morgan fingerprint density at radius 2 is 1.91 bits per heavy atom. The Balaban J connectivity index is 1.49. The van der Waals surface area contributed by atoms with Gasteiger partial charge in [-0.25, -0.2) is 4.98 Å². The van der Waals surface area contributed by atoms with Crippen molar-refractivity contribution < 1.29 is 0 Å². The van der Waals surface area contributed by atoms with E-state index in [4.69, 9.17) is 0 Å². The van der Waals surface area contributed by atoms with E-state index < -0.39 is 0 Å². The molecule has 0 amide bonds. The number of thiophene rings is 1. The zero-order valence-corrected chi connectivity index (χ0v) is 12.8. The molecule has 0 aliphatic heterocycles. The highest BCUT2D eigenvalue weighted by molar-refractivity contribution is 7.10. The van der Waals surface area contributed by atoms with Crippen molar-refractivity contribution in [1.29, 1.82) is 0 Å². The summed E-state index contributed by atoms with van der Waals surface area (Å²) < 4.78 is 2.08. The van der Waals surface area contributed by atoms with Crippen LogP contribution in [0, 0.1) is 0 Å². The number of nitrogens with zero attached hydrogens (tertiary/aromatic N) is 3. The zero-order chi connectivity index (χ0) is 14.8. The average Bonchev–Trinajstić information content (AvgIpc) is 3.20. The Morgan fingerprint density at radius 3 is 2.77 bits per heavy atom. The number of imidazole rings is 1. The maximum atomic E-state index is 4.65. The van der Waals surface area contributed by atoms with Gasteiger partial charge in [-0.1, -0.05) is 6.07 Å². The number of pyridine rings is 2. The summed E-state index contributed by atoms with van der Waals surface area (Å²) >= 11 is 1.82. The number of rotatable bonds is 4. The minimum atomic E-state index is 0.970. The van der Waals surface area contributed by atoms with Crippen LogP contribution in [0.25, 0.3) is 16.8 Å². The average molecular weight is 305 g/mol. The summed E-state index contributed by atoms with van der Waals surface area (Å²) in [6.07, 6.45) is 9.83. The summed E-state index contributed by atoms with van der Waals surface area (Å²) in [4.78, 5) is 10.1. The molecule has 4 aromatic heterocycles. The molecule has 0 radical (unpaired) electrons. The highest BCUT2D eigenvalue weighted by Crippen LogP contribution is 2.26. The minimum Gasteiger partial charge on any atom is -0.307 e. The fraction of sp³-hybridized carbons (Fsp3) is 0.111. The second-order valence-electron chi connectivity index (χ2n) is 5.24. The third-order valence-corrected chi connectivity index (χ3v) is 4.71. The lowest BCUT2D eigenvalue weighted by Crippen LogP contribution is -1.88. The lowest BCUT2D eigenvalue weighted by molar-refractivity contribution is 0.944. The van der Waals surface area contributed by atoms with Crippen molar-refractivity contribution in [3.05, 3.63) is 77.1 Å². The van der Waals surface area contributed by atoms with Gasteiger partial charge in [-0.3, -0.25) is 4.98 Å². The smallest absolute Gasteiger partial charge is 0.136 e. The Labute approximate surface area is 132 Å². The summed E-state index contributed by atoms with van der Waals surface area (Å²) in [7, 11) is 0. The van der Waals surface area contributed by atoms with Gasteiger partial charge in [-0.15, -0.1) is 11.3 Å². The molecule has 4 aromatic rings. The van der Waals surface area contributed by atoms with Gasteiger partial charge in [0.15, 0.2) is 0 Å². The van der Waals surface area contributed by atoms with Crippen LogP contribution in [0.4, 0.5) is 0 Å². The molecule has 0 saturated carbocycles. The van der Waals surface area contributed by atoms with Gasteiger partial charge in [-0.05, 0) is 59.7 Å². The molecular formula is C18H15N3S. The predicted octanol–water partition coefficient (Wildman–Crippen LogP) is 4.24. The first kappa shape index (κ1) is 13.2. The molecule has 0 unspecified atom stereocenters. The summed E-state index contributed by atoms with van der Waals surface area (Å²) in [6.45, 7) is 0. The van der Waals surface area contributed by atoms with Crippen molar-refractivity contribution in [3.63, 3.8) is 0 Å². The van der Waals surface area contributed by atoms with Crippen LogP contribution in [0.2, 0.25) is 0 Å². The van der Waals surface area contributed by atoms with Crippen LogP contribution in [-0.4, -0.2) is 14.4 Å². The largest absolute Gasteiger partial charge is 0.307 e. The van der Waals surface area contributed by atoms with Gasteiger partial charge in [0.1, 0.15) is 5.65 Å². The Hall–Kier alpha value is -2.46. The molecule has 4 heterocycles. The number of hydrogen-bond acceptors (Lipinski definition) is 3. The van der Waals surface area contributed by atoms with Gasteiger partial charge >= 0.3 is 0 Å². The van der Waals surface area contributed by atoms with E-state index >= 15 is 0 Å². The molecule has 3 nitrogen and oxygen atoms in total. The molecule has 0 fully saturated rings. The van der Waals surface area contributed by atoms with Crippen LogP contribution in [0.3, 0.4) is 0 Å². The second kappa shape index (κ2) is 5.73. The number of fused-ring (bicyclic) bond motifs is 1. The number of aryl methyl sites for hydroxylation is 2.